The number of hydrogen-bond donors (Lipinski definition) is 0. The van der Waals surface area contributed by atoms with Crippen LogP contribution < -0.4 is 19.8 Å². The predicted octanol–water partition coefficient (Wildman–Crippen LogP) is 5.77. The molecule has 7 nitrogen and oxygen atoms in total. The van der Waals surface area contributed by atoms with E-state index in [1.165, 1.54) is 30.3 Å². The van der Waals surface area contributed by atoms with Crippen molar-refractivity contribution in [1.82, 2.24) is 4.98 Å². The van der Waals surface area contributed by atoms with Crippen molar-refractivity contribution in [3.63, 3.8) is 0 Å². The fraction of sp³-hybridized carbons (Fsp3) is 0.222. The molecule has 0 N–H and O–H groups in total. The van der Waals surface area contributed by atoms with Crippen LogP contribution in [0, 0.1) is 11.7 Å². The minimum absolute atomic E-state index is 0.0429. The molecule has 2 aromatic heterocycles. The predicted molar refractivity (Wildman–Crippen MR) is 134 cm³/mol. The lowest BCUT2D eigenvalue weighted by Gasteiger charge is -2.25. The fourth-order valence-corrected chi connectivity index (χ4v) is 4.35. The average molecular weight is 509 g/mol. The summed E-state index contributed by atoms with van der Waals surface area (Å²) in [7, 11) is 1.51. The van der Waals surface area contributed by atoms with E-state index in [0.29, 0.717) is 34.6 Å². The Balaban J connectivity index is 1.73. The Labute approximate surface area is 211 Å². The molecule has 36 heavy (non-hydrogen) atoms. The van der Waals surface area contributed by atoms with Crippen LogP contribution >= 0.6 is 11.6 Å². The molecule has 1 aliphatic heterocycles. The van der Waals surface area contributed by atoms with Gasteiger partial charge in [0.25, 0.3) is 5.91 Å². The van der Waals surface area contributed by atoms with Gasteiger partial charge in [0, 0.05) is 6.20 Å². The molecule has 0 saturated heterocycles. The second kappa shape index (κ2) is 9.28. The molecule has 1 unspecified atom stereocenters. The molecule has 0 bridgehead atoms. The summed E-state index contributed by atoms with van der Waals surface area (Å²) < 4.78 is 31.3. The topological polar surface area (TPSA) is 81.9 Å². The Morgan fingerprint density at radius 1 is 1.11 bits per heavy atom. The maximum absolute atomic E-state index is 14.0. The van der Waals surface area contributed by atoms with Crippen LogP contribution in [0.4, 0.5) is 10.2 Å². The minimum atomic E-state index is -0.904. The largest absolute Gasteiger partial charge is 0.493 e. The molecule has 1 aliphatic rings. The molecule has 3 heterocycles. The van der Waals surface area contributed by atoms with Crippen LogP contribution in [0.25, 0.3) is 11.0 Å². The smallest absolute Gasteiger partial charge is 0.296 e. The van der Waals surface area contributed by atoms with Crippen LogP contribution in [0.2, 0.25) is 5.02 Å². The number of pyridine rings is 1. The van der Waals surface area contributed by atoms with E-state index in [9.17, 15) is 14.0 Å². The second-order valence-corrected chi connectivity index (χ2v) is 9.28. The van der Waals surface area contributed by atoms with Gasteiger partial charge in [0.05, 0.1) is 35.7 Å². The van der Waals surface area contributed by atoms with Gasteiger partial charge in [-0.05, 0) is 53.9 Å². The number of nitrogens with zero attached hydrogens (tertiary/aromatic N) is 2. The van der Waals surface area contributed by atoms with Crippen molar-refractivity contribution >= 4 is 34.3 Å². The molecule has 9 heteroatoms. The third-order valence-corrected chi connectivity index (χ3v) is 6.09. The van der Waals surface area contributed by atoms with Gasteiger partial charge in [-0.25, -0.2) is 9.37 Å². The summed E-state index contributed by atoms with van der Waals surface area (Å²) in [5.74, 6) is 0.290. The van der Waals surface area contributed by atoms with E-state index in [0.717, 1.165) is 6.07 Å². The van der Waals surface area contributed by atoms with Crippen LogP contribution in [-0.2, 0) is 0 Å². The number of amides is 1. The number of anilines is 1. The van der Waals surface area contributed by atoms with E-state index in [2.05, 4.69) is 4.98 Å². The van der Waals surface area contributed by atoms with Crippen molar-refractivity contribution in [1.29, 1.82) is 0 Å². The number of ether oxygens (including phenoxy) is 2. The maximum atomic E-state index is 14.0. The Hall–Kier alpha value is -3.91. The van der Waals surface area contributed by atoms with Gasteiger partial charge < -0.3 is 13.9 Å². The summed E-state index contributed by atoms with van der Waals surface area (Å²) in [5, 5.41) is 0.435. The highest BCUT2D eigenvalue weighted by Crippen LogP contribution is 2.43. The van der Waals surface area contributed by atoms with E-state index >= 15 is 0 Å². The standard InChI is InChI=1S/C27H22ClFN2O5/c1-14(2)13-35-20-7-4-15(10-21(20)34-3)24-23-25(32)18-11-17(29)6-8-19(18)36-26(23)27(33)31(24)22-9-5-16(28)12-30-22/h4-12,14,24H,13H2,1-3H3. The molecule has 1 amide bonds. The third-order valence-electron chi connectivity index (χ3n) is 5.87. The van der Waals surface area contributed by atoms with Crippen molar-refractivity contribution in [3.05, 3.63) is 92.7 Å². The van der Waals surface area contributed by atoms with Gasteiger partial charge in [-0.1, -0.05) is 31.5 Å². The van der Waals surface area contributed by atoms with Gasteiger partial charge in [-0.2, -0.15) is 0 Å². The average Bonchev–Trinajstić information content (AvgIpc) is 3.16. The van der Waals surface area contributed by atoms with Crippen molar-refractivity contribution < 1.29 is 23.1 Å². The Bertz CT molecular complexity index is 1530. The molecule has 184 valence electrons. The number of halogens is 2. The highest BCUT2D eigenvalue weighted by Gasteiger charge is 2.44. The van der Waals surface area contributed by atoms with Gasteiger partial charge in [0.15, 0.2) is 16.9 Å². The van der Waals surface area contributed by atoms with Crippen molar-refractivity contribution in [2.24, 2.45) is 5.92 Å². The zero-order valence-electron chi connectivity index (χ0n) is 19.7. The lowest BCUT2D eigenvalue weighted by atomic mass is 9.98. The molecule has 0 fully saturated rings. The summed E-state index contributed by atoms with van der Waals surface area (Å²) in [6.07, 6.45) is 1.41. The molecular weight excluding hydrogens is 487 g/mol. The highest BCUT2D eigenvalue weighted by molar-refractivity contribution is 6.30. The van der Waals surface area contributed by atoms with Gasteiger partial charge in [0.2, 0.25) is 5.76 Å². The lowest BCUT2D eigenvalue weighted by molar-refractivity contribution is 0.0970. The fourth-order valence-electron chi connectivity index (χ4n) is 4.24. The number of carbonyl (C=O) groups excluding carboxylic acids is 1. The first-order valence-corrected chi connectivity index (χ1v) is 11.7. The van der Waals surface area contributed by atoms with Gasteiger partial charge >= 0.3 is 0 Å². The molecule has 5 rings (SSSR count). The molecule has 4 aromatic rings. The first kappa shape index (κ1) is 23.8. The molecule has 0 aliphatic carbocycles. The SMILES string of the molecule is COc1cc(C2c3c(oc4ccc(F)cc4c3=O)C(=O)N2c2ccc(Cl)cn2)ccc1OCC(C)C. The summed E-state index contributed by atoms with van der Waals surface area (Å²) in [5.41, 5.74) is 0.274. The number of benzene rings is 2. The van der Waals surface area contributed by atoms with E-state index in [4.69, 9.17) is 25.5 Å². The number of methoxy groups -OCH3 is 1. The van der Waals surface area contributed by atoms with Crippen molar-refractivity contribution in [3.8, 4) is 11.5 Å². The van der Waals surface area contributed by atoms with Crippen LogP contribution in [0.1, 0.15) is 41.6 Å². The molecule has 0 spiro atoms. The first-order valence-electron chi connectivity index (χ1n) is 11.3. The molecule has 1 atom stereocenters. The van der Waals surface area contributed by atoms with Gasteiger partial charge in [-0.3, -0.25) is 14.5 Å². The normalized spacial score (nSPS) is 15.0. The van der Waals surface area contributed by atoms with Crippen LogP contribution in [0.5, 0.6) is 11.5 Å². The highest BCUT2D eigenvalue weighted by atomic mass is 35.5. The number of rotatable bonds is 6. The van der Waals surface area contributed by atoms with Gasteiger partial charge in [-0.15, -0.1) is 0 Å². The van der Waals surface area contributed by atoms with Crippen molar-refractivity contribution in [2.75, 3.05) is 18.6 Å². The van der Waals surface area contributed by atoms with E-state index in [-0.39, 0.29) is 28.1 Å². The van der Waals surface area contributed by atoms with Crippen LogP contribution in [-0.4, -0.2) is 24.6 Å². The van der Waals surface area contributed by atoms with Crippen molar-refractivity contribution in [2.45, 2.75) is 19.9 Å². The van der Waals surface area contributed by atoms with Gasteiger partial charge in [0.1, 0.15) is 17.2 Å². The number of aromatic nitrogens is 1. The quantitative estimate of drug-likeness (QED) is 0.328. The summed E-state index contributed by atoms with van der Waals surface area (Å²) >= 11 is 6.02. The number of hydrogen-bond acceptors (Lipinski definition) is 6. The Kier molecular flexibility index (Phi) is 6.14. The lowest BCUT2D eigenvalue weighted by Crippen LogP contribution is -2.30. The zero-order chi connectivity index (χ0) is 25.6. The summed E-state index contributed by atoms with van der Waals surface area (Å²) in [6.45, 7) is 4.55. The van der Waals surface area contributed by atoms with E-state index in [1.54, 1.807) is 30.3 Å². The molecule has 0 saturated carbocycles. The molecule has 2 aromatic carbocycles. The monoisotopic (exact) mass is 508 g/mol. The Morgan fingerprint density at radius 3 is 2.61 bits per heavy atom. The molecule has 0 radical (unpaired) electrons. The second-order valence-electron chi connectivity index (χ2n) is 8.84. The van der Waals surface area contributed by atoms with E-state index < -0.39 is 23.2 Å². The third kappa shape index (κ3) is 4.07. The maximum Gasteiger partial charge on any atom is 0.296 e. The summed E-state index contributed by atoms with van der Waals surface area (Å²) in [6, 6.07) is 11.1. The van der Waals surface area contributed by atoms with Crippen LogP contribution in [0.15, 0.2) is 63.9 Å². The number of carbonyl (C=O) groups is 1. The Morgan fingerprint density at radius 2 is 1.92 bits per heavy atom. The van der Waals surface area contributed by atoms with Crippen LogP contribution in [0.3, 0.4) is 0 Å². The molecular formula is C27H22ClFN2O5. The number of fused-ring (bicyclic) bond motifs is 2. The minimum Gasteiger partial charge on any atom is -0.493 e. The van der Waals surface area contributed by atoms with E-state index in [1.807, 2.05) is 13.8 Å². The zero-order valence-corrected chi connectivity index (χ0v) is 20.5. The summed E-state index contributed by atoms with van der Waals surface area (Å²) in [4.78, 5) is 32.9. The first-order chi connectivity index (χ1) is 17.3.